The number of hydrogen-bond acceptors (Lipinski definition) is 2. The van der Waals surface area contributed by atoms with E-state index >= 15 is 0 Å². The maximum atomic E-state index is 4.32. The molecule has 0 aliphatic carbocycles. The molecule has 0 aliphatic rings. The van der Waals surface area contributed by atoms with Gasteiger partial charge in [0.2, 0.25) is 0 Å². The van der Waals surface area contributed by atoms with E-state index in [2.05, 4.69) is 27.5 Å². The fourth-order valence-electron chi connectivity index (χ4n) is 1.45. The van der Waals surface area contributed by atoms with Crippen LogP contribution < -0.4 is 0 Å². The van der Waals surface area contributed by atoms with E-state index in [0.717, 1.165) is 23.5 Å². The van der Waals surface area contributed by atoms with Crippen LogP contribution in [0.3, 0.4) is 0 Å². The molecule has 82 valence electrons. The van der Waals surface area contributed by atoms with Gasteiger partial charge in [0, 0.05) is 25.1 Å². The molecular weight excluding hydrogens is 198 g/mol. The van der Waals surface area contributed by atoms with Crippen LogP contribution in [0, 0.1) is 0 Å². The lowest BCUT2D eigenvalue weighted by Gasteiger charge is -1.97. The molecule has 0 bridgehead atoms. The monoisotopic (exact) mass is 213 g/mol. The molecule has 3 heteroatoms. The smallest absolute Gasteiger partial charge is 0.0813 e. The third kappa shape index (κ3) is 2.37. The summed E-state index contributed by atoms with van der Waals surface area (Å²) in [6.07, 6.45) is 10.6. The van der Waals surface area contributed by atoms with Crippen LogP contribution in [0.2, 0.25) is 0 Å². The molecule has 0 saturated carbocycles. The highest BCUT2D eigenvalue weighted by atomic mass is 14.9. The highest BCUT2D eigenvalue weighted by Crippen LogP contribution is 2.06. The number of nitrogens with zero attached hydrogens (tertiary/aromatic N) is 3. The minimum absolute atomic E-state index is 0.887. The molecule has 0 aliphatic heterocycles. The molecule has 0 saturated heterocycles. The molecule has 16 heavy (non-hydrogen) atoms. The second kappa shape index (κ2) is 4.75. The highest BCUT2D eigenvalue weighted by Gasteiger charge is 1.93. The van der Waals surface area contributed by atoms with Crippen LogP contribution in [0.4, 0.5) is 0 Å². The van der Waals surface area contributed by atoms with Crippen molar-refractivity contribution in [3.8, 4) is 0 Å². The van der Waals surface area contributed by atoms with Crippen LogP contribution in [0.1, 0.15) is 24.0 Å². The van der Waals surface area contributed by atoms with Crippen molar-refractivity contribution in [3.05, 3.63) is 47.8 Å². The van der Waals surface area contributed by atoms with Gasteiger partial charge < -0.3 is 4.57 Å². The maximum Gasteiger partial charge on any atom is 0.0813 e. The van der Waals surface area contributed by atoms with E-state index in [0.29, 0.717) is 0 Å². The second-order valence-corrected chi connectivity index (χ2v) is 3.66. The number of rotatable bonds is 3. The minimum Gasteiger partial charge on any atom is -0.351 e. The zero-order valence-corrected chi connectivity index (χ0v) is 9.59. The van der Waals surface area contributed by atoms with E-state index in [4.69, 9.17) is 0 Å². The van der Waals surface area contributed by atoms with Gasteiger partial charge in [0.15, 0.2) is 0 Å². The van der Waals surface area contributed by atoms with Gasteiger partial charge in [-0.2, -0.15) is 0 Å². The molecule has 2 aromatic heterocycles. The first-order valence-electron chi connectivity index (χ1n) is 5.40. The topological polar surface area (TPSA) is 30.7 Å². The van der Waals surface area contributed by atoms with Crippen LogP contribution >= 0.6 is 0 Å². The molecule has 0 N–H and O–H groups in total. The van der Waals surface area contributed by atoms with Gasteiger partial charge >= 0.3 is 0 Å². The summed E-state index contributed by atoms with van der Waals surface area (Å²) in [6.45, 7) is 2.07. The Hall–Kier alpha value is -1.90. The Morgan fingerprint density at radius 1 is 1.25 bits per heavy atom. The number of hydrogen-bond donors (Lipinski definition) is 0. The molecule has 0 fully saturated rings. The van der Waals surface area contributed by atoms with Crippen molar-refractivity contribution in [2.45, 2.75) is 13.3 Å². The molecule has 0 unspecified atom stereocenters. The van der Waals surface area contributed by atoms with Crippen molar-refractivity contribution in [2.75, 3.05) is 0 Å². The van der Waals surface area contributed by atoms with E-state index < -0.39 is 0 Å². The van der Waals surface area contributed by atoms with Crippen LogP contribution in [-0.4, -0.2) is 14.5 Å². The lowest BCUT2D eigenvalue weighted by atomic mass is 10.3. The minimum atomic E-state index is 0.887. The van der Waals surface area contributed by atoms with Crippen molar-refractivity contribution in [1.29, 1.82) is 0 Å². The third-order valence-corrected chi connectivity index (χ3v) is 2.50. The van der Waals surface area contributed by atoms with Crippen molar-refractivity contribution < 1.29 is 0 Å². The summed E-state index contributed by atoms with van der Waals surface area (Å²) in [6, 6.07) is 4.08. The Balaban J connectivity index is 2.14. The van der Waals surface area contributed by atoms with Gasteiger partial charge in [0.1, 0.15) is 0 Å². The summed E-state index contributed by atoms with van der Waals surface area (Å²) in [5.41, 5.74) is 3.07. The molecule has 0 spiro atoms. The van der Waals surface area contributed by atoms with Crippen molar-refractivity contribution in [3.63, 3.8) is 0 Å². The average molecular weight is 213 g/mol. The van der Waals surface area contributed by atoms with Crippen molar-refractivity contribution in [2.24, 2.45) is 7.05 Å². The molecule has 2 aromatic rings. The average Bonchev–Trinajstić information content (AvgIpc) is 2.73. The fourth-order valence-corrected chi connectivity index (χ4v) is 1.45. The standard InChI is InChI=1S/C13H15N3/c1-3-11-9-15-12(10-14-11)6-7-13-5-4-8-16(13)2/h4-10H,3H2,1-2H3/b7-6+. The zero-order chi connectivity index (χ0) is 11.4. The molecule has 0 aromatic carbocycles. The lowest BCUT2D eigenvalue weighted by Crippen LogP contribution is -1.90. The molecule has 0 radical (unpaired) electrons. The van der Waals surface area contributed by atoms with Gasteiger partial charge in [-0.25, -0.2) is 0 Å². The van der Waals surface area contributed by atoms with E-state index in [9.17, 15) is 0 Å². The predicted molar refractivity (Wildman–Crippen MR) is 65.8 cm³/mol. The Bertz CT molecular complexity index is 480. The summed E-state index contributed by atoms with van der Waals surface area (Å²) in [7, 11) is 2.02. The fraction of sp³-hybridized carbons (Fsp3) is 0.231. The first-order valence-corrected chi connectivity index (χ1v) is 5.40. The maximum absolute atomic E-state index is 4.32. The summed E-state index contributed by atoms with van der Waals surface area (Å²) in [4.78, 5) is 8.62. The van der Waals surface area contributed by atoms with Crippen molar-refractivity contribution >= 4 is 12.2 Å². The second-order valence-electron chi connectivity index (χ2n) is 3.66. The quantitative estimate of drug-likeness (QED) is 0.784. The zero-order valence-electron chi connectivity index (χ0n) is 9.59. The molecule has 0 amide bonds. The predicted octanol–water partition coefficient (Wildman–Crippen LogP) is 2.55. The molecule has 2 heterocycles. The highest BCUT2D eigenvalue weighted by molar-refractivity contribution is 5.66. The van der Waals surface area contributed by atoms with Crippen molar-refractivity contribution in [1.82, 2.24) is 14.5 Å². The van der Waals surface area contributed by atoms with E-state index in [1.807, 2.05) is 37.7 Å². The summed E-state index contributed by atoms with van der Waals surface area (Å²) in [5.74, 6) is 0. The Morgan fingerprint density at radius 2 is 2.12 bits per heavy atom. The normalized spacial score (nSPS) is 11.1. The van der Waals surface area contributed by atoms with E-state index in [-0.39, 0.29) is 0 Å². The van der Waals surface area contributed by atoms with Gasteiger partial charge in [-0.05, 0) is 30.7 Å². The number of aromatic nitrogens is 3. The van der Waals surface area contributed by atoms with Crippen LogP contribution in [0.25, 0.3) is 12.2 Å². The molecular formula is C13H15N3. The largest absolute Gasteiger partial charge is 0.351 e. The Labute approximate surface area is 95.5 Å². The molecule has 0 atom stereocenters. The lowest BCUT2D eigenvalue weighted by molar-refractivity contribution is 0.915. The third-order valence-electron chi connectivity index (χ3n) is 2.50. The van der Waals surface area contributed by atoms with Gasteiger partial charge in [-0.15, -0.1) is 0 Å². The summed E-state index contributed by atoms with van der Waals surface area (Å²) < 4.78 is 2.06. The van der Waals surface area contributed by atoms with Crippen LogP contribution in [0.5, 0.6) is 0 Å². The van der Waals surface area contributed by atoms with Gasteiger partial charge in [-0.1, -0.05) is 6.92 Å². The van der Waals surface area contributed by atoms with Gasteiger partial charge in [0.05, 0.1) is 17.6 Å². The Morgan fingerprint density at radius 3 is 2.69 bits per heavy atom. The first-order chi connectivity index (χ1) is 7.79. The van der Waals surface area contributed by atoms with E-state index in [1.165, 1.54) is 0 Å². The first kappa shape index (κ1) is 10.6. The van der Waals surface area contributed by atoms with Crippen LogP contribution in [0.15, 0.2) is 30.7 Å². The SMILES string of the molecule is CCc1cnc(/C=C/c2cccn2C)cn1. The molecule has 2 rings (SSSR count). The molecule has 3 nitrogen and oxygen atoms in total. The van der Waals surface area contributed by atoms with Gasteiger partial charge in [0.25, 0.3) is 0 Å². The summed E-state index contributed by atoms with van der Waals surface area (Å²) in [5, 5.41) is 0. The summed E-state index contributed by atoms with van der Waals surface area (Å²) >= 11 is 0. The number of aryl methyl sites for hydroxylation is 2. The van der Waals surface area contributed by atoms with Gasteiger partial charge in [-0.3, -0.25) is 9.97 Å². The van der Waals surface area contributed by atoms with E-state index in [1.54, 1.807) is 6.20 Å². The van der Waals surface area contributed by atoms with Crippen LogP contribution in [-0.2, 0) is 13.5 Å². The Kier molecular flexibility index (Phi) is 3.15.